The smallest absolute Gasteiger partial charge is 0.257 e. The van der Waals surface area contributed by atoms with Gasteiger partial charge in [-0.3, -0.25) is 14.5 Å². The molecule has 5 nitrogen and oxygen atoms in total. The lowest BCUT2D eigenvalue weighted by Crippen LogP contribution is -2.39. The summed E-state index contributed by atoms with van der Waals surface area (Å²) in [5.41, 5.74) is 5.14. The van der Waals surface area contributed by atoms with E-state index in [0.717, 1.165) is 30.8 Å². The summed E-state index contributed by atoms with van der Waals surface area (Å²) in [5.74, 6) is 0.325. The van der Waals surface area contributed by atoms with Gasteiger partial charge in [-0.15, -0.1) is 0 Å². The minimum atomic E-state index is 0.0590. The molecule has 1 fully saturated rings. The van der Waals surface area contributed by atoms with E-state index in [0.29, 0.717) is 12.1 Å². The lowest BCUT2D eigenvalue weighted by atomic mass is 9.92. The van der Waals surface area contributed by atoms with Crippen molar-refractivity contribution in [3.05, 3.63) is 71.8 Å². The highest BCUT2D eigenvalue weighted by Crippen LogP contribution is 2.30. The van der Waals surface area contributed by atoms with Gasteiger partial charge in [0.2, 0.25) is 0 Å². The number of amides is 1. The minimum absolute atomic E-state index is 0.0590. The van der Waals surface area contributed by atoms with Crippen molar-refractivity contribution in [2.45, 2.75) is 25.7 Å². The van der Waals surface area contributed by atoms with Crippen LogP contribution in [0.15, 0.2) is 54.9 Å². The first-order chi connectivity index (χ1) is 13.1. The fourth-order valence-electron chi connectivity index (χ4n) is 3.82. The molecule has 3 aromatic rings. The third-order valence-corrected chi connectivity index (χ3v) is 5.16. The van der Waals surface area contributed by atoms with Crippen molar-refractivity contribution < 1.29 is 4.79 Å². The summed E-state index contributed by atoms with van der Waals surface area (Å²) < 4.78 is 1.67. The Morgan fingerprint density at radius 1 is 1.15 bits per heavy atom. The van der Waals surface area contributed by atoms with Gasteiger partial charge in [0.05, 0.1) is 11.8 Å². The van der Waals surface area contributed by atoms with Crippen LogP contribution in [0.3, 0.4) is 0 Å². The predicted octanol–water partition coefficient (Wildman–Crippen LogP) is 3.81. The number of benzene rings is 1. The van der Waals surface area contributed by atoms with Gasteiger partial charge in [-0.25, -0.2) is 0 Å². The molecule has 0 aliphatic carbocycles. The highest BCUT2D eigenvalue weighted by Gasteiger charge is 2.27. The van der Waals surface area contributed by atoms with Crippen LogP contribution in [0.5, 0.6) is 0 Å². The number of pyridine rings is 1. The first kappa shape index (κ1) is 17.5. The summed E-state index contributed by atoms with van der Waals surface area (Å²) in [7, 11) is 1.83. The number of hydrogen-bond donors (Lipinski definition) is 0. The van der Waals surface area contributed by atoms with Gasteiger partial charge >= 0.3 is 0 Å². The summed E-state index contributed by atoms with van der Waals surface area (Å²) in [6.45, 7) is 3.54. The summed E-state index contributed by atoms with van der Waals surface area (Å²) >= 11 is 0. The van der Waals surface area contributed by atoms with Crippen LogP contribution < -0.4 is 0 Å². The molecule has 1 atom stereocenters. The molecule has 138 valence electrons. The van der Waals surface area contributed by atoms with E-state index in [1.54, 1.807) is 17.1 Å². The van der Waals surface area contributed by atoms with Crippen LogP contribution in [0.2, 0.25) is 0 Å². The maximum Gasteiger partial charge on any atom is 0.257 e. The Balaban J connectivity index is 1.58. The Bertz CT molecular complexity index is 948. The Kier molecular flexibility index (Phi) is 4.75. The fraction of sp³-hybridized carbons (Fsp3) is 0.318. The molecule has 1 saturated heterocycles. The van der Waals surface area contributed by atoms with E-state index in [9.17, 15) is 4.79 Å². The molecule has 4 rings (SSSR count). The molecule has 0 N–H and O–H groups in total. The molecule has 0 unspecified atom stereocenters. The van der Waals surface area contributed by atoms with Gasteiger partial charge in [0.15, 0.2) is 0 Å². The standard InChI is InChI=1S/C22H24N4O/c1-16-11-19(17-7-4-3-5-8-17)12-21(24-16)18-9-6-10-26(15-18)22(27)20-13-23-25(2)14-20/h3-5,7-8,11-14,18H,6,9-10,15H2,1-2H3/t18-/m0/s1. The van der Waals surface area contributed by atoms with Crippen molar-refractivity contribution in [3.8, 4) is 11.1 Å². The Morgan fingerprint density at radius 3 is 2.70 bits per heavy atom. The quantitative estimate of drug-likeness (QED) is 0.714. The Labute approximate surface area is 159 Å². The molecule has 1 amide bonds. The average Bonchev–Trinajstić information content (AvgIpc) is 3.14. The molecule has 1 aliphatic heterocycles. The van der Waals surface area contributed by atoms with Crippen LogP contribution >= 0.6 is 0 Å². The van der Waals surface area contributed by atoms with Crippen LogP contribution in [0.1, 0.15) is 40.5 Å². The topological polar surface area (TPSA) is 51.0 Å². The van der Waals surface area contributed by atoms with Crippen molar-refractivity contribution in [3.63, 3.8) is 0 Å². The fourth-order valence-corrected chi connectivity index (χ4v) is 3.82. The lowest BCUT2D eigenvalue weighted by molar-refractivity contribution is 0.0706. The largest absolute Gasteiger partial charge is 0.338 e. The number of likely N-dealkylation sites (tertiary alicyclic amines) is 1. The summed E-state index contributed by atoms with van der Waals surface area (Å²) in [4.78, 5) is 19.5. The number of carbonyl (C=O) groups excluding carboxylic acids is 1. The van der Waals surface area contributed by atoms with Crippen molar-refractivity contribution in [2.24, 2.45) is 7.05 Å². The van der Waals surface area contributed by atoms with Gasteiger partial charge in [-0.1, -0.05) is 30.3 Å². The van der Waals surface area contributed by atoms with Gasteiger partial charge in [0.25, 0.3) is 5.91 Å². The SMILES string of the molecule is Cc1cc(-c2ccccc2)cc([C@H]2CCCN(C(=O)c3cnn(C)c3)C2)n1. The molecule has 27 heavy (non-hydrogen) atoms. The maximum absolute atomic E-state index is 12.8. The third kappa shape index (κ3) is 3.77. The molecule has 0 radical (unpaired) electrons. The van der Waals surface area contributed by atoms with Gasteiger partial charge in [0, 0.05) is 43.6 Å². The monoisotopic (exact) mass is 360 g/mol. The number of piperidine rings is 1. The molecule has 1 aromatic carbocycles. The van der Waals surface area contributed by atoms with E-state index >= 15 is 0 Å². The van der Waals surface area contributed by atoms with Crippen LogP contribution in [0, 0.1) is 6.92 Å². The number of aryl methyl sites for hydroxylation is 2. The Hall–Kier alpha value is -2.95. The summed E-state index contributed by atoms with van der Waals surface area (Å²) in [6.07, 6.45) is 5.48. The second-order valence-corrected chi connectivity index (χ2v) is 7.28. The van der Waals surface area contributed by atoms with Crippen molar-refractivity contribution in [1.29, 1.82) is 0 Å². The van der Waals surface area contributed by atoms with Crippen molar-refractivity contribution >= 4 is 5.91 Å². The highest BCUT2D eigenvalue weighted by atomic mass is 16.2. The molecule has 0 bridgehead atoms. The zero-order valence-electron chi connectivity index (χ0n) is 15.8. The number of aromatic nitrogens is 3. The van der Waals surface area contributed by atoms with E-state index < -0.39 is 0 Å². The normalized spacial score (nSPS) is 17.1. The summed E-state index contributed by atoms with van der Waals surface area (Å²) in [5, 5.41) is 4.12. The zero-order valence-corrected chi connectivity index (χ0v) is 15.8. The molecule has 3 heterocycles. The van der Waals surface area contributed by atoms with E-state index in [2.05, 4.69) is 41.5 Å². The molecule has 5 heteroatoms. The second-order valence-electron chi connectivity index (χ2n) is 7.28. The third-order valence-electron chi connectivity index (χ3n) is 5.16. The zero-order chi connectivity index (χ0) is 18.8. The maximum atomic E-state index is 12.8. The van der Waals surface area contributed by atoms with Crippen LogP contribution in [-0.2, 0) is 7.05 Å². The van der Waals surface area contributed by atoms with Crippen LogP contribution in [-0.4, -0.2) is 38.7 Å². The lowest BCUT2D eigenvalue weighted by Gasteiger charge is -2.32. The van der Waals surface area contributed by atoms with Crippen molar-refractivity contribution in [2.75, 3.05) is 13.1 Å². The van der Waals surface area contributed by atoms with Crippen LogP contribution in [0.4, 0.5) is 0 Å². The summed E-state index contributed by atoms with van der Waals surface area (Å²) in [6, 6.07) is 14.7. The van der Waals surface area contributed by atoms with Gasteiger partial charge in [-0.2, -0.15) is 5.10 Å². The molecule has 1 aliphatic rings. The minimum Gasteiger partial charge on any atom is -0.338 e. The van der Waals surface area contributed by atoms with E-state index in [1.807, 2.05) is 24.9 Å². The number of carbonyl (C=O) groups is 1. The first-order valence-electron chi connectivity index (χ1n) is 9.42. The van der Waals surface area contributed by atoms with Crippen molar-refractivity contribution in [1.82, 2.24) is 19.7 Å². The molecular formula is C22H24N4O. The number of nitrogens with zero attached hydrogens (tertiary/aromatic N) is 4. The molecule has 0 spiro atoms. The van der Waals surface area contributed by atoms with E-state index in [-0.39, 0.29) is 11.8 Å². The van der Waals surface area contributed by atoms with E-state index in [4.69, 9.17) is 4.98 Å². The van der Waals surface area contributed by atoms with Gasteiger partial charge < -0.3 is 4.90 Å². The van der Waals surface area contributed by atoms with Gasteiger partial charge in [-0.05, 0) is 43.0 Å². The average molecular weight is 360 g/mol. The first-order valence-corrected chi connectivity index (χ1v) is 9.42. The molecule has 0 saturated carbocycles. The van der Waals surface area contributed by atoms with E-state index in [1.165, 1.54) is 11.1 Å². The predicted molar refractivity (Wildman–Crippen MR) is 105 cm³/mol. The molecule has 2 aromatic heterocycles. The Morgan fingerprint density at radius 2 is 1.96 bits per heavy atom. The highest BCUT2D eigenvalue weighted by molar-refractivity contribution is 5.93. The van der Waals surface area contributed by atoms with Crippen LogP contribution in [0.25, 0.3) is 11.1 Å². The molecular weight excluding hydrogens is 336 g/mol. The number of rotatable bonds is 3. The van der Waals surface area contributed by atoms with Gasteiger partial charge in [0.1, 0.15) is 0 Å². The number of hydrogen-bond acceptors (Lipinski definition) is 3. The second kappa shape index (κ2) is 7.35.